The van der Waals surface area contributed by atoms with Crippen molar-refractivity contribution in [1.82, 2.24) is 9.88 Å². The predicted octanol–water partition coefficient (Wildman–Crippen LogP) is 4.45. The Balaban J connectivity index is 1.81. The number of hydrogen-bond donors (Lipinski definition) is 0. The molecule has 2 saturated heterocycles. The van der Waals surface area contributed by atoms with Crippen molar-refractivity contribution >= 4 is 11.9 Å². The van der Waals surface area contributed by atoms with E-state index in [-0.39, 0.29) is 12.1 Å². The molecular weight excluding hydrogens is 314 g/mol. The van der Waals surface area contributed by atoms with E-state index in [1.54, 1.807) is 0 Å². The standard InChI is InChI=1S/C20H31N3O2/c1-15-13-18(22-10-7-8-11-22)21-14-16(15)17-9-5-6-12-23(17)19(24)25-20(2,3)4/h13-14,17H,5-12H2,1-4H3. The molecule has 0 aromatic carbocycles. The second kappa shape index (κ2) is 7.22. The second-order valence-electron chi connectivity index (χ2n) is 8.28. The van der Waals surface area contributed by atoms with Crippen molar-refractivity contribution in [2.24, 2.45) is 0 Å². The van der Waals surface area contributed by atoms with Gasteiger partial charge in [0.15, 0.2) is 0 Å². The molecule has 2 aliphatic rings. The summed E-state index contributed by atoms with van der Waals surface area (Å²) >= 11 is 0. The fourth-order valence-corrected chi connectivity index (χ4v) is 3.81. The monoisotopic (exact) mass is 345 g/mol. The molecule has 1 atom stereocenters. The molecule has 1 aromatic rings. The summed E-state index contributed by atoms with van der Waals surface area (Å²) in [7, 11) is 0. The van der Waals surface area contributed by atoms with Crippen LogP contribution in [0.5, 0.6) is 0 Å². The first-order valence-electron chi connectivity index (χ1n) is 9.56. The van der Waals surface area contributed by atoms with Gasteiger partial charge in [0, 0.05) is 25.8 Å². The molecule has 0 spiro atoms. The van der Waals surface area contributed by atoms with Crippen LogP contribution < -0.4 is 4.90 Å². The molecule has 2 fully saturated rings. The highest BCUT2D eigenvalue weighted by Crippen LogP contribution is 2.34. The Kier molecular flexibility index (Phi) is 5.21. The van der Waals surface area contributed by atoms with E-state index in [2.05, 4.69) is 17.9 Å². The number of amides is 1. The van der Waals surface area contributed by atoms with Crippen LogP contribution in [0.4, 0.5) is 10.6 Å². The van der Waals surface area contributed by atoms with Crippen LogP contribution in [0.3, 0.4) is 0 Å². The van der Waals surface area contributed by atoms with E-state index in [1.807, 2.05) is 31.9 Å². The highest BCUT2D eigenvalue weighted by molar-refractivity contribution is 5.69. The average Bonchev–Trinajstić information content (AvgIpc) is 3.07. The van der Waals surface area contributed by atoms with Crippen molar-refractivity contribution in [1.29, 1.82) is 0 Å². The maximum atomic E-state index is 12.7. The van der Waals surface area contributed by atoms with Crippen molar-refractivity contribution in [3.8, 4) is 0 Å². The number of likely N-dealkylation sites (tertiary alicyclic amines) is 1. The van der Waals surface area contributed by atoms with Gasteiger partial charge in [-0.3, -0.25) is 0 Å². The van der Waals surface area contributed by atoms with E-state index in [4.69, 9.17) is 9.72 Å². The Morgan fingerprint density at radius 3 is 2.48 bits per heavy atom. The van der Waals surface area contributed by atoms with E-state index in [9.17, 15) is 4.79 Å². The number of anilines is 1. The number of pyridine rings is 1. The molecule has 5 heteroatoms. The number of rotatable bonds is 2. The first-order valence-corrected chi connectivity index (χ1v) is 9.56. The Labute approximate surface area is 151 Å². The summed E-state index contributed by atoms with van der Waals surface area (Å²) in [5.41, 5.74) is 1.91. The number of piperidine rings is 1. The molecule has 5 nitrogen and oxygen atoms in total. The van der Waals surface area contributed by atoms with Gasteiger partial charge in [-0.1, -0.05) is 0 Å². The van der Waals surface area contributed by atoms with E-state index >= 15 is 0 Å². The van der Waals surface area contributed by atoms with Crippen molar-refractivity contribution < 1.29 is 9.53 Å². The SMILES string of the molecule is Cc1cc(N2CCCC2)ncc1C1CCCCN1C(=O)OC(C)(C)C. The topological polar surface area (TPSA) is 45.7 Å². The van der Waals surface area contributed by atoms with Crippen molar-refractivity contribution in [2.45, 2.75) is 71.4 Å². The third-order valence-corrected chi connectivity index (χ3v) is 5.06. The first kappa shape index (κ1) is 18.0. The Morgan fingerprint density at radius 1 is 1.16 bits per heavy atom. The zero-order valence-corrected chi connectivity index (χ0v) is 16.0. The lowest BCUT2D eigenvalue weighted by atomic mass is 9.94. The van der Waals surface area contributed by atoms with Crippen LogP contribution in [0.2, 0.25) is 0 Å². The zero-order valence-electron chi connectivity index (χ0n) is 16.0. The van der Waals surface area contributed by atoms with Gasteiger partial charge in [0.2, 0.25) is 0 Å². The molecule has 3 heterocycles. The van der Waals surface area contributed by atoms with Crippen LogP contribution in [0.15, 0.2) is 12.3 Å². The molecule has 1 amide bonds. The van der Waals surface area contributed by atoms with E-state index in [1.165, 1.54) is 18.4 Å². The number of aromatic nitrogens is 1. The van der Waals surface area contributed by atoms with E-state index in [0.717, 1.165) is 50.3 Å². The van der Waals surface area contributed by atoms with Gasteiger partial charge in [0.1, 0.15) is 11.4 Å². The summed E-state index contributed by atoms with van der Waals surface area (Å²) in [6.45, 7) is 10.8. The molecule has 0 saturated carbocycles. The number of ether oxygens (including phenoxy) is 1. The fraction of sp³-hybridized carbons (Fsp3) is 0.700. The minimum absolute atomic E-state index is 0.0729. The lowest BCUT2D eigenvalue weighted by molar-refractivity contribution is 0.00942. The Morgan fingerprint density at radius 2 is 1.84 bits per heavy atom. The molecular formula is C20H31N3O2. The maximum absolute atomic E-state index is 12.7. The Bertz CT molecular complexity index is 618. The van der Waals surface area contributed by atoms with Gasteiger partial charge in [-0.2, -0.15) is 0 Å². The van der Waals surface area contributed by atoms with Gasteiger partial charge in [0.25, 0.3) is 0 Å². The van der Waals surface area contributed by atoms with Crippen molar-refractivity contribution in [3.05, 3.63) is 23.4 Å². The van der Waals surface area contributed by atoms with Crippen molar-refractivity contribution in [3.63, 3.8) is 0 Å². The molecule has 0 bridgehead atoms. The predicted molar refractivity (Wildman–Crippen MR) is 100.0 cm³/mol. The summed E-state index contributed by atoms with van der Waals surface area (Å²) in [5.74, 6) is 1.07. The third kappa shape index (κ3) is 4.25. The summed E-state index contributed by atoms with van der Waals surface area (Å²) in [5, 5.41) is 0. The molecule has 0 aliphatic carbocycles. The lowest BCUT2D eigenvalue weighted by Crippen LogP contribution is -2.42. The number of nitrogens with zero attached hydrogens (tertiary/aromatic N) is 3. The van der Waals surface area contributed by atoms with Gasteiger partial charge < -0.3 is 14.5 Å². The van der Waals surface area contributed by atoms with Gasteiger partial charge in [0.05, 0.1) is 6.04 Å². The van der Waals surface area contributed by atoms with Crippen LogP contribution in [0.25, 0.3) is 0 Å². The summed E-state index contributed by atoms with van der Waals surface area (Å²) in [6, 6.07) is 2.26. The van der Waals surface area contributed by atoms with Gasteiger partial charge in [-0.15, -0.1) is 0 Å². The van der Waals surface area contributed by atoms with Crippen LogP contribution in [-0.2, 0) is 4.74 Å². The molecule has 138 valence electrons. The van der Waals surface area contributed by atoms with Crippen LogP contribution in [0, 0.1) is 6.92 Å². The van der Waals surface area contributed by atoms with E-state index < -0.39 is 5.60 Å². The van der Waals surface area contributed by atoms with E-state index in [0.29, 0.717) is 0 Å². The molecule has 2 aliphatic heterocycles. The summed E-state index contributed by atoms with van der Waals surface area (Å²) in [4.78, 5) is 21.6. The van der Waals surface area contributed by atoms with Crippen LogP contribution >= 0.6 is 0 Å². The minimum Gasteiger partial charge on any atom is -0.444 e. The van der Waals surface area contributed by atoms with Crippen molar-refractivity contribution in [2.75, 3.05) is 24.5 Å². The van der Waals surface area contributed by atoms with Gasteiger partial charge in [-0.05, 0) is 77.0 Å². The van der Waals surface area contributed by atoms with Crippen LogP contribution in [-0.4, -0.2) is 41.2 Å². The van der Waals surface area contributed by atoms with Gasteiger partial charge in [-0.25, -0.2) is 9.78 Å². The largest absolute Gasteiger partial charge is 0.444 e. The smallest absolute Gasteiger partial charge is 0.410 e. The first-order chi connectivity index (χ1) is 11.8. The number of hydrogen-bond acceptors (Lipinski definition) is 4. The minimum atomic E-state index is -0.466. The molecule has 3 rings (SSSR count). The Hall–Kier alpha value is -1.78. The third-order valence-electron chi connectivity index (χ3n) is 5.06. The molecule has 0 N–H and O–H groups in total. The normalized spacial score (nSPS) is 21.5. The maximum Gasteiger partial charge on any atom is 0.410 e. The highest BCUT2D eigenvalue weighted by atomic mass is 16.6. The summed E-state index contributed by atoms with van der Waals surface area (Å²) in [6.07, 6.45) is 7.42. The van der Waals surface area contributed by atoms with Gasteiger partial charge >= 0.3 is 6.09 Å². The number of aryl methyl sites for hydroxylation is 1. The summed E-state index contributed by atoms with van der Waals surface area (Å²) < 4.78 is 5.63. The lowest BCUT2D eigenvalue weighted by Gasteiger charge is -2.37. The molecule has 0 radical (unpaired) electrons. The molecule has 1 aromatic heterocycles. The second-order valence-corrected chi connectivity index (χ2v) is 8.28. The quantitative estimate of drug-likeness (QED) is 0.794. The number of carbonyl (C=O) groups excluding carboxylic acids is 1. The van der Waals surface area contributed by atoms with Crippen LogP contribution in [0.1, 0.15) is 70.0 Å². The molecule has 1 unspecified atom stereocenters. The zero-order chi connectivity index (χ0) is 18.0. The molecule has 25 heavy (non-hydrogen) atoms. The number of carbonyl (C=O) groups is 1. The highest BCUT2D eigenvalue weighted by Gasteiger charge is 2.32. The average molecular weight is 345 g/mol. The fourth-order valence-electron chi connectivity index (χ4n) is 3.81.